The number of halogens is 1. The third kappa shape index (κ3) is 7.03. The fourth-order valence-corrected chi connectivity index (χ4v) is 4.09. The highest BCUT2D eigenvalue weighted by Gasteiger charge is 2.31. The first-order valence-corrected chi connectivity index (χ1v) is 12.1. The van der Waals surface area contributed by atoms with E-state index in [0.717, 1.165) is 5.56 Å². The number of esters is 1. The van der Waals surface area contributed by atoms with E-state index in [1.54, 1.807) is 29.2 Å². The van der Waals surface area contributed by atoms with Crippen LogP contribution < -0.4 is 5.32 Å². The highest BCUT2D eigenvalue weighted by Crippen LogP contribution is 2.18. The van der Waals surface area contributed by atoms with E-state index < -0.39 is 24.5 Å². The van der Waals surface area contributed by atoms with Crippen LogP contribution in [0.5, 0.6) is 0 Å². The molecule has 190 valence electrons. The number of hydrogen-bond donors (Lipinski definition) is 1. The van der Waals surface area contributed by atoms with Crippen molar-refractivity contribution in [1.82, 2.24) is 4.90 Å². The number of nitrogens with zero attached hydrogens (tertiary/aromatic N) is 1. The number of carbonyl (C=O) groups is 4. The summed E-state index contributed by atoms with van der Waals surface area (Å²) in [4.78, 5) is 51.6. The summed E-state index contributed by atoms with van der Waals surface area (Å²) in [5, 5.41) is 2.99. The van der Waals surface area contributed by atoms with Gasteiger partial charge in [-0.2, -0.15) is 0 Å². The molecule has 0 radical (unpaired) electrons. The Balaban J connectivity index is 1.26. The van der Waals surface area contributed by atoms with E-state index in [1.807, 2.05) is 30.3 Å². The minimum atomic E-state index is -0.859. The fraction of sp³-hybridized carbons (Fsp3) is 0.214. The van der Waals surface area contributed by atoms with Gasteiger partial charge in [0, 0.05) is 24.3 Å². The fourth-order valence-electron chi connectivity index (χ4n) is 3.85. The number of rotatable bonds is 9. The molecule has 0 aliphatic carbocycles. The Kier molecular flexibility index (Phi) is 8.66. The van der Waals surface area contributed by atoms with Gasteiger partial charge in [-0.3, -0.25) is 14.4 Å². The minimum Gasteiger partial charge on any atom is -0.454 e. The molecule has 1 atom stereocenters. The average Bonchev–Trinajstić information content (AvgIpc) is 2.90. The second-order valence-corrected chi connectivity index (χ2v) is 8.82. The number of ether oxygens (including phenoxy) is 2. The van der Waals surface area contributed by atoms with Crippen molar-refractivity contribution in [2.75, 3.05) is 25.1 Å². The van der Waals surface area contributed by atoms with Gasteiger partial charge in [-0.25, -0.2) is 4.79 Å². The molecular formula is C28H25ClN2O6. The van der Waals surface area contributed by atoms with Gasteiger partial charge in [0.05, 0.1) is 23.6 Å². The first kappa shape index (κ1) is 26.1. The topological polar surface area (TPSA) is 102 Å². The van der Waals surface area contributed by atoms with Crippen LogP contribution in [0.2, 0.25) is 5.02 Å². The molecule has 4 rings (SSSR count). The molecule has 8 nitrogen and oxygen atoms in total. The van der Waals surface area contributed by atoms with Crippen molar-refractivity contribution in [2.24, 2.45) is 0 Å². The van der Waals surface area contributed by atoms with Gasteiger partial charge in [0.15, 0.2) is 6.61 Å². The highest BCUT2D eigenvalue weighted by atomic mass is 35.5. The van der Waals surface area contributed by atoms with E-state index in [4.69, 9.17) is 21.1 Å². The number of ketones is 1. The lowest BCUT2D eigenvalue weighted by molar-refractivity contribution is -0.155. The zero-order chi connectivity index (χ0) is 26.2. The summed E-state index contributed by atoms with van der Waals surface area (Å²) >= 11 is 6.00. The smallest absolute Gasteiger partial charge is 0.338 e. The summed E-state index contributed by atoms with van der Waals surface area (Å²) in [6.45, 7) is 0.833. The Bertz CT molecular complexity index is 1280. The van der Waals surface area contributed by atoms with Crippen molar-refractivity contribution in [1.29, 1.82) is 0 Å². The van der Waals surface area contributed by atoms with Crippen LogP contribution in [0, 0.1) is 0 Å². The summed E-state index contributed by atoms with van der Waals surface area (Å²) in [5.41, 5.74) is 1.94. The third-order valence-corrected chi connectivity index (χ3v) is 6.10. The number of amides is 2. The Hall–Kier alpha value is -4.01. The molecule has 0 aromatic heterocycles. The maximum Gasteiger partial charge on any atom is 0.338 e. The predicted octanol–water partition coefficient (Wildman–Crippen LogP) is 4.14. The summed E-state index contributed by atoms with van der Waals surface area (Å²) in [6.07, 6.45) is -0.986. The van der Waals surface area contributed by atoms with E-state index in [0.29, 0.717) is 25.4 Å². The molecule has 1 fully saturated rings. The third-order valence-electron chi connectivity index (χ3n) is 5.77. The van der Waals surface area contributed by atoms with Crippen LogP contribution in [0.3, 0.4) is 0 Å². The van der Waals surface area contributed by atoms with Crippen LogP contribution in [-0.4, -0.2) is 54.3 Å². The Morgan fingerprint density at radius 2 is 1.68 bits per heavy atom. The van der Waals surface area contributed by atoms with Crippen LogP contribution in [0.1, 0.15) is 32.7 Å². The molecular weight excluding hydrogens is 496 g/mol. The normalized spacial score (nSPS) is 15.2. The van der Waals surface area contributed by atoms with Gasteiger partial charge >= 0.3 is 5.97 Å². The van der Waals surface area contributed by atoms with Crippen molar-refractivity contribution in [3.05, 3.63) is 101 Å². The van der Waals surface area contributed by atoms with Gasteiger partial charge in [0.25, 0.3) is 5.91 Å². The molecule has 1 N–H and O–H groups in total. The van der Waals surface area contributed by atoms with Crippen molar-refractivity contribution in [2.45, 2.75) is 19.1 Å². The molecule has 3 aromatic rings. The van der Waals surface area contributed by atoms with Gasteiger partial charge in [-0.15, -0.1) is 0 Å². The van der Waals surface area contributed by atoms with Crippen molar-refractivity contribution >= 4 is 40.9 Å². The number of hydrogen-bond acceptors (Lipinski definition) is 6. The van der Waals surface area contributed by atoms with Crippen LogP contribution in [-0.2, 0) is 25.6 Å². The molecule has 1 saturated heterocycles. The monoisotopic (exact) mass is 520 g/mol. The van der Waals surface area contributed by atoms with Crippen LogP contribution >= 0.6 is 11.6 Å². The largest absolute Gasteiger partial charge is 0.454 e. The summed E-state index contributed by atoms with van der Waals surface area (Å²) in [6, 6.07) is 22.2. The van der Waals surface area contributed by atoms with Gasteiger partial charge in [-0.1, -0.05) is 54.1 Å². The number of morpholine rings is 1. The molecule has 2 amide bonds. The van der Waals surface area contributed by atoms with Gasteiger partial charge in [-0.05, 0) is 42.0 Å². The summed E-state index contributed by atoms with van der Waals surface area (Å²) < 4.78 is 10.6. The van der Waals surface area contributed by atoms with E-state index in [2.05, 4.69) is 5.32 Å². The van der Waals surface area contributed by atoms with Crippen molar-refractivity contribution in [3.63, 3.8) is 0 Å². The van der Waals surface area contributed by atoms with Crippen molar-refractivity contribution in [3.8, 4) is 0 Å². The quantitative estimate of drug-likeness (QED) is 0.336. The zero-order valence-electron chi connectivity index (χ0n) is 19.9. The Labute approximate surface area is 219 Å². The molecule has 1 aliphatic rings. The van der Waals surface area contributed by atoms with E-state index >= 15 is 0 Å². The molecule has 1 unspecified atom stereocenters. The van der Waals surface area contributed by atoms with Gasteiger partial charge in [0.2, 0.25) is 11.7 Å². The number of anilines is 1. The van der Waals surface area contributed by atoms with Crippen LogP contribution in [0.25, 0.3) is 0 Å². The SMILES string of the molecule is O=C(CC1OCCN(Cc2ccccc2)C1=O)Nc1ccc(C(=O)OCC(=O)c2ccccc2Cl)cc1. The maximum absolute atomic E-state index is 12.8. The molecule has 0 spiro atoms. The summed E-state index contributed by atoms with van der Waals surface area (Å²) in [7, 11) is 0. The molecule has 3 aromatic carbocycles. The van der Waals surface area contributed by atoms with E-state index in [9.17, 15) is 19.2 Å². The first-order valence-electron chi connectivity index (χ1n) is 11.7. The predicted molar refractivity (Wildman–Crippen MR) is 137 cm³/mol. The van der Waals surface area contributed by atoms with Crippen molar-refractivity contribution < 1.29 is 28.7 Å². The van der Waals surface area contributed by atoms with Crippen LogP contribution in [0.15, 0.2) is 78.9 Å². The molecule has 1 aliphatic heterocycles. The highest BCUT2D eigenvalue weighted by molar-refractivity contribution is 6.34. The van der Waals surface area contributed by atoms with E-state index in [-0.39, 0.29) is 34.4 Å². The average molecular weight is 521 g/mol. The molecule has 0 bridgehead atoms. The number of Topliss-reactive ketones (excluding diaryl/α,β-unsaturated/α-hetero) is 1. The van der Waals surface area contributed by atoms with Gasteiger partial charge < -0.3 is 19.7 Å². The lowest BCUT2D eigenvalue weighted by Crippen LogP contribution is -2.48. The minimum absolute atomic E-state index is 0.127. The standard InChI is InChI=1S/C28H25ClN2O6/c29-23-9-5-4-8-22(23)24(32)18-37-28(35)20-10-12-21(13-11-20)30-26(33)16-25-27(34)31(14-15-36-25)17-19-6-2-1-3-7-19/h1-13,25H,14-18H2,(H,30,33). The first-order chi connectivity index (χ1) is 17.9. The second kappa shape index (κ2) is 12.3. The number of nitrogens with one attached hydrogen (secondary N) is 1. The number of benzene rings is 3. The zero-order valence-corrected chi connectivity index (χ0v) is 20.6. The molecule has 37 heavy (non-hydrogen) atoms. The van der Waals surface area contributed by atoms with E-state index in [1.165, 1.54) is 24.3 Å². The second-order valence-electron chi connectivity index (χ2n) is 8.41. The maximum atomic E-state index is 12.8. The molecule has 1 heterocycles. The Morgan fingerprint density at radius 1 is 0.973 bits per heavy atom. The Morgan fingerprint density at radius 3 is 2.41 bits per heavy atom. The lowest BCUT2D eigenvalue weighted by atomic mass is 10.1. The van der Waals surface area contributed by atoms with Crippen LogP contribution in [0.4, 0.5) is 5.69 Å². The number of carbonyl (C=O) groups excluding carboxylic acids is 4. The molecule has 0 saturated carbocycles. The van der Waals surface area contributed by atoms with Gasteiger partial charge in [0.1, 0.15) is 6.10 Å². The molecule has 9 heteroatoms. The lowest BCUT2D eigenvalue weighted by Gasteiger charge is -2.32. The summed E-state index contributed by atoms with van der Waals surface area (Å²) in [5.74, 6) is -1.71.